The van der Waals surface area contributed by atoms with Crippen LogP contribution < -0.4 is 5.46 Å². The summed E-state index contributed by atoms with van der Waals surface area (Å²) in [5.74, 6) is 0.977. The van der Waals surface area contributed by atoms with Crippen molar-refractivity contribution in [2.75, 3.05) is 7.05 Å². The molecule has 1 aromatic heterocycles. The molecule has 2 aromatic carbocycles. The van der Waals surface area contributed by atoms with Crippen LogP contribution in [-0.2, 0) is 4.79 Å². The molecule has 180 valence electrons. The molecule has 2 heterocycles. The minimum atomic E-state index is -0.347. The number of benzene rings is 2. The summed E-state index contributed by atoms with van der Waals surface area (Å²) in [5.41, 5.74) is 4.88. The fourth-order valence-electron chi connectivity index (χ4n) is 2.38. The quantitative estimate of drug-likeness (QED) is 0.411. The van der Waals surface area contributed by atoms with Crippen LogP contribution in [0.25, 0.3) is 0 Å². The molecule has 0 fully saturated rings. The number of aryl methyl sites for hydroxylation is 3. The third-order valence-corrected chi connectivity index (χ3v) is 4.62. The lowest BCUT2D eigenvalue weighted by atomic mass is 9.64. The van der Waals surface area contributed by atoms with E-state index in [-0.39, 0.29) is 20.2 Å². The Labute approximate surface area is 204 Å². The van der Waals surface area contributed by atoms with Crippen LogP contribution in [-0.4, -0.2) is 36.1 Å². The molecule has 3 aromatic rings. The van der Waals surface area contributed by atoms with Gasteiger partial charge in [0.2, 0.25) is 0 Å². The Morgan fingerprint density at radius 1 is 0.941 bits per heavy atom. The Hall–Kier alpha value is -3.64. The molecule has 5 nitrogen and oxygen atoms in total. The van der Waals surface area contributed by atoms with Crippen molar-refractivity contribution in [3.63, 3.8) is 0 Å². The lowest BCUT2D eigenvalue weighted by Crippen LogP contribution is -2.25. The summed E-state index contributed by atoms with van der Waals surface area (Å²) in [6.45, 7) is 11.0. The molecule has 0 saturated heterocycles. The monoisotopic (exact) mass is 461 g/mol. The van der Waals surface area contributed by atoms with Crippen molar-refractivity contribution < 1.29 is 19.0 Å². The minimum absolute atomic E-state index is 0. The standard InChI is InChI=1S/C8H11BO.C8H8O.C6H7NO.C5H6O.CH4/c1-7-3-5-8(6-4-7)9(2)10;1-7-2-4-8(6-9)5-3-7;1-5-3-4-6(8)7(5)2;1-5-3-2-4-6-5;/h3-6,10H,1-2H3;2-6H,1H3;3-4H,1H2,2H3;2-4H,1H3;1H4. The molecule has 0 unspecified atom stereocenters. The van der Waals surface area contributed by atoms with Crippen LogP contribution in [0.1, 0.15) is 34.7 Å². The molecule has 34 heavy (non-hydrogen) atoms. The van der Waals surface area contributed by atoms with Gasteiger partial charge >= 0.3 is 6.92 Å². The van der Waals surface area contributed by atoms with Crippen molar-refractivity contribution in [3.05, 3.63) is 114 Å². The van der Waals surface area contributed by atoms with Crippen LogP contribution in [0.5, 0.6) is 0 Å². The summed E-state index contributed by atoms with van der Waals surface area (Å²) in [6, 6.07) is 19.1. The van der Waals surface area contributed by atoms with E-state index in [1.807, 2.05) is 81.4 Å². The Bertz CT molecular complexity index is 1000. The van der Waals surface area contributed by atoms with Crippen LogP contribution in [0.2, 0.25) is 6.82 Å². The molecule has 4 rings (SSSR count). The lowest BCUT2D eigenvalue weighted by Gasteiger charge is -2.06. The number of aldehydes is 1. The average Bonchev–Trinajstić information content (AvgIpc) is 3.40. The van der Waals surface area contributed by atoms with Crippen LogP contribution in [0.4, 0.5) is 0 Å². The number of amides is 1. The zero-order valence-electron chi connectivity index (χ0n) is 20.0. The predicted octanol–water partition coefficient (Wildman–Crippen LogP) is 5.38. The van der Waals surface area contributed by atoms with E-state index in [0.29, 0.717) is 0 Å². The van der Waals surface area contributed by atoms with E-state index in [1.54, 1.807) is 26.2 Å². The largest absolute Gasteiger partial charge is 0.470 e. The highest BCUT2D eigenvalue weighted by atomic mass is 16.3. The summed E-state index contributed by atoms with van der Waals surface area (Å²) < 4.78 is 4.83. The Morgan fingerprint density at radius 3 is 1.74 bits per heavy atom. The maximum absolute atomic E-state index is 10.6. The highest BCUT2D eigenvalue weighted by molar-refractivity contribution is 6.64. The van der Waals surface area contributed by atoms with E-state index < -0.39 is 0 Å². The fraction of sp³-hybridized carbons (Fsp3) is 0.214. The van der Waals surface area contributed by atoms with Gasteiger partial charge in [-0.05, 0) is 44.4 Å². The minimum Gasteiger partial charge on any atom is -0.470 e. The zero-order valence-corrected chi connectivity index (χ0v) is 20.0. The number of furan rings is 1. The van der Waals surface area contributed by atoms with E-state index in [0.717, 1.165) is 28.8 Å². The highest BCUT2D eigenvalue weighted by Gasteiger charge is 2.11. The second-order valence-electron chi connectivity index (χ2n) is 7.56. The summed E-state index contributed by atoms with van der Waals surface area (Å²) in [4.78, 5) is 22.2. The van der Waals surface area contributed by atoms with Gasteiger partial charge in [-0.25, -0.2) is 0 Å². The normalized spacial score (nSPS) is 11.1. The second kappa shape index (κ2) is 16.1. The molecular weight excluding hydrogens is 425 g/mol. The Kier molecular flexibility index (Phi) is 14.3. The number of allylic oxidation sites excluding steroid dienone is 1. The first-order valence-electron chi connectivity index (χ1n) is 10.5. The SMILES string of the molecule is C.C=C1C=CC(=O)N1C.CB(O)c1ccc(C)cc1.Cc1ccc(C=O)cc1.Cc1ccco1. The van der Waals surface area contributed by atoms with E-state index >= 15 is 0 Å². The van der Waals surface area contributed by atoms with Crippen molar-refractivity contribution in [1.29, 1.82) is 0 Å². The third-order valence-electron chi connectivity index (χ3n) is 4.62. The van der Waals surface area contributed by atoms with Gasteiger partial charge in [-0.3, -0.25) is 9.59 Å². The van der Waals surface area contributed by atoms with Crippen molar-refractivity contribution in [2.45, 2.75) is 35.0 Å². The van der Waals surface area contributed by atoms with Gasteiger partial charge in [-0.2, -0.15) is 0 Å². The van der Waals surface area contributed by atoms with Gasteiger partial charge in [0, 0.05) is 24.4 Å². The van der Waals surface area contributed by atoms with Crippen molar-refractivity contribution in [2.24, 2.45) is 0 Å². The maximum Gasteiger partial charge on any atom is 0.320 e. The van der Waals surface area contributed by atoms with Gasteiger partial charge in [-0.15, -0.1) is 0 Å². The molecule has 1 amide bonds. The summed E-state index contributed by atoms with van der Waals surface area (Å²) in [7, 11) is 1.70. The van der Waals surface area contributed by atoms with Crippen molar-refractivity contribution in [1.82, 2.24) is 4.90 Å². The first-order valence-corrected chi connectivity index (χ1v) is 10.5. The van der Waals surface area contributed by atoms with Crippen LogP contribution >= 0.6 is 0 Å². The van der Waals surface area contributed by atoms with E-state index in [9.17, 15) is 9.59 Å². The summed E-state index contributed by atoms with van der Waals surface area (Å²) in [6.07, 6.45) is 5.71. The van der Waals surface area contributed by atoms with E-state index in [2.05, 4.69) is 6.58 Å². The van der Waals surface area contributed by atoms with Crippen LogP contribution in [0.3, 0.4) is 0 Å². The molecule has 0 bridgehead atoms. The van der Waals surface area contributed by atoms with Crippen molar-refractivity contribution >= 4 is 24.6 Å². The lowest BCUT2D eigenvalue weighted by molar-refractivity contribution is -0.122. The summed E-state index contributed by atoms with van der Waals surface area (Å²) in [5, 5.41) is 9.11. The summed E-state index contributed by atoms with van der Waals surface area (Å²) >= 11 is 0. The van der Waals surface area contributed by atoms with Gasteiger partial charge in [0.25, 0.3) is 5.91 Å². The van der Waals surface area contributed by atoms with E-state index in [4.69, 9.17) is 9.44 Å². The fourth-order valence-corrected chi connectivity index (χ4v) is 2.38. The third kappa shape index (κ3) is 11.8. The van der Waals surface area contributed by atoms with Crippen LogP contribution in [0, 0.1) is 20.8 Å². The topological polar surface area (TPSA) is 70.8 Å². The molecule has 0 spiro atoms. The number of carbonyl (C=O) groups is 2. The molecule has 1 aliphatic heterocycles. The van der Waals surface area contributed by atoms with Gasteiger partial charge in [-0.1, -0.05) is 80.5 Å². The van der Waals surface area contributed by atoms with Crippen molar-refractivity contribution in [3.8, 4) is 0 Å². The second-order valence-corrected chi connectivity index (χ2v) is 7.56. The molecule has 0 saturated carbocycles. The predicted molar refractivity (Wildman–Crippen MR) is 142 cm³/mol. The van der Waals surface area contributed by atoms with Crippen LogP contribution in [0.15, 0.2) is 95.8 Å². The highest BCUT2D eigenvalue weighted by Crippen LogP contribution is 2.08. The van der Waals surface area contributed by atoms with Gasteiger partial charge in [0.15, 0.2) is 0 Å². The van der Waals surface area contributed by atoms with Gasteiger partial charge < -0.3 is 14.3 Å². The molecular formula is C28H36BNO4. The Balaban J connectivity index is 0.000000429. The first kappa shape index (κ1) is 30.4. The van der Waals surface area contributed by atoms with Gasteiger partial charge in [0.05, 0.1) is 6.26 Å². The van der Waals surface area contributed by atoms with E-state index in [1.165, 1.54) is 22.1 Å². The molecule has 0 atom stereocenters. The molecule has 0 radical (unpaired) electrons. The smallest absolute Gasteiger partial charge is 0.320 e. The number of hydrogen-bond donors (Lipinski definition) is 1. The molecule has 1 aliphatic rings. The number of carbonyl (C=O) groups excluding carboxylic acids is 2. The average molecular weight is 461 g/mol. The van der Waals surface area contributed by atoms with Gasteiger partial charge in [0.1, 0.15) is 12.0 Å². The first-order chi connectivity index (χ1) is 15.6. The molecule has 6 heteroatoms. The number of rotatable bonds is 2. The number of nitrogens with zero attached hydrogens (tertiary/aromatic N) is 1. The Morgan fingerprint density at radius 2 is 1.47 bits per heavy atom. The number of likely N-dealkylation sites (N-methyl/N-ethyl adjacent to an activating group) is 1. The maximum atomic E-state index is 10.6. The molecule has 1 N–H and O–H groups in total. The number of hydrogen-bond acceptors (Lipinski definition) is 4. The zero-order chi connectivity index (χ0) is 24.8. The molecule has 0 aliphatic carbocycles.